The van der Waals surface area contributed by atoms with Gasteiger partial charge in [-0.1, -0.05) is 40.2 Å². The Kier molecular flexibility index (Phi) is 3.51. The molecule has 2 N–H and O–H groups in total. The number of nitrogen functional groups attached to an aromatic ring is 1. The number of nitrogens with zero attached hydrogens (tertiary/aromatic N) is 2. The minimum absolute atomic E-state index is 0.295. The Morgan fingerprint density at radius 1 is 1.10 bits per heavy atom. The monoisotopic (exact) mass is 345 g/mol. The van der Waals surface area contributed by atoms with E-state index in [1.807, 2.05) is 30.3 Å². The molecule has 0 spiro atoms. The molecule has 0 bridgehead atoms. The third-order valence-electron chi connectivity index (χ3n) is 3.30. The van der Waals surface area contributed by atoms with Crippen LogP contribution in [0.3, 0.4) is 0 Å². The van der Waals surface area contributed by atoms with E-state index >= 15 is 0 Å². The van der Waals surface area contributed by atoms with Gasteiger partial charge in [-0.3, -0.25) is 4.68 Å². The highest BCUT2D eigenvalue weighted by atomic mass is 79.9. The molecule has 0 aliphatic rings. The molecule has 1 heterocycles. The number of hydrogen-bond acceptors (Lipinski definition) is 2. The quantitative estimate of drug-likeness (QED) is 0.754. The molecule has 0 amide bonds. The van der Waals surface area contributed by atoms with Crippen LogP contribution in [0.5, 0.6) is 0 Å². The summed E-state index contributed by atoms with van der Waals surface area (Å²) in [6, 6.07) is 14.2. The van der Waals surface area contributed by atoms with Crippen molar-refractivity contribution in [2.24, 2.45) is 7.05 Å². The molecule has 0 fully saturated rings. The van der Waals surface area contributed by atoms with Gasteiger partial charge < -0.3 is 5.73 Å². The largest absolute Gasteiger partial charge is 0.383 e. The number of aromatic nitrogens is 2. The molecule has 106 valence electrons. The minimum Gasteiger partial charge on any atom is -0.383 e. The lowest BCUT2D eigenvalue weighted by molar-refractivity contribution is 0.628. The predicted octanol–water partition coefficient (Wildman–Crippen LogP) is 4.24. The van der Waals surface area contributed by atoms with Gasteiger partial charge in [-0.2, -0.15) is 5.10 Å². The van der Waals surface area contributed by atoms with Crippen molar-refractivity contribution in [1.82, 2.24) is 9.78 Å². The minimum atomic E-state index is -0.295. The Morgan fingerprint density at radius 3 is 2.52 bits per heavy atom. The Bertz CT molecular complexity index is 811. The summed E-state index contributed by atoms with van der Waals surface area (Å²) in [5.74, 6) is 0.214. The van der Waals surface area contributed by atoms with Gasteiger partial charge in [-0.05, 0) is 29.8 Å². The number of nitrogens with two attached hydrogens (primary N) is 1. The molecular weight excluding hydrogens is 333 g/mol. The van der Waals surface area contributed by atoms with E-state index in [0.717, 1.165) is 26.9 Å². The van der Waals surface area contributed by atoms with Gasteiger partial charge in [-0.15, -0.1) is 0 Å². The zero-order valence-corrected chi connectivity index (χ0v) is 12.9. The summed E-state index contributed by atoms with van der Waals surface area (Å²) in [5, 5.41) is 4.48. The molecule has 0 saturated carbocycles. The lowest BCUT2D eigenvalue weighted by atomic mass is 10.0. The molecule has 0 unspecified atom stereocenters. The molecule has 0 saturated heterocycles. The van der Waals surface area contributed by atoms with Crippen LogP contribution in [0.15, 0.2) is 53.0 Å². The smallest absolute Gasteiger partial charge is 0.129 e. The number of benzene rings is 2. The number of hydrogen-bond donors (Lipinski definition) is 1. The molecular formula is C16H13BrFN3. The van der Waals surface area contributed by atoms with Gasteiger partial charge >= 0.3 is 0 Å². The fourth-order valence-electron chi connectivity index (χ4n) is 2.30. The van der Waals surface area contributed by atoms with Crippen LogP contribution in [0.25, 0.3) is 22.4 Å². The second-order valence-corrected chi connectivity index (χ2v) is 5.67. The first kappa shape index (κ1) is 13.8. The number of halogens is 2. The molecule has 3 nitrogen and oxygen atoms in total. The third kappa shape index (κ3) is 2.56. The third-order valence-corrected chi connectivity index (χ3v) is 3.80. The second kappa shape index (κ2) is 5.33. The van der Waals surface area contributed by atoms with Crippen LogP contribution < -0.4 is 5.73 Å². The van der Waals surface area contributed by atoms with Crippen LogP contribution in [0.2, 0.25) is 0 Å². The van der Waals surface area contributed by atoms with E-state index in [-0.39, 0.29) is 5.82 Å². The Balaban J connectivity index is 2.25. The van der Waals surface area contributed by atoms with E-state index in [1.54, 1.807) is 17.8 Å². The predicted molar refractivity (Wildman–Crippen MR) is 86.2 cm³/mol. The first-order chi connectivity index (χ1) is 10.1. The zero-order valence-electron chi connectivity index (χ0n) is 11.3. The van der Waals surface area contributed by atoms with Gasteiger partial charge in [0.25, 0.3) is 0 Å². The fraction of sp³-hybridized carbons (Fsp3) is 0.0625. The number of aryl methyl sites for hydroxylation is 1. The van der Waals surface area contributed by atoms with Gasteiger partial charge in [-0.25, -0.2) is 4.39 Å². The average Bonchev–Trinajstić information content (AvgIpc) is 2.75. The summed E-state index contributed by atoms with van der Waals surface area (Å²) in [7, 11) is 1.78. The highest BCUT2D eigenvalue weighted by molar-refractivity contribution is 9.10. The van der Waals surface area contributed by atoms with E-state index in [1.165, 1.54) is 12.1 Å². The average molecular weight is 346 g/mol. The molecule has 3 aromatic rings. The lowest BCUT2D eigenvalue weighted by Gasteiger charge is -2.05. The van der Waals surface area contributed by atoms with E-state index in [9.17, 15) is 4.39 Å². The summed E-state index contributed by atoms with van der Waals surface area (Å²) < 4.78 is 16.1. The van der Waals surface area contributed by atoms with Crippen LogP contribution in [0, 0.1) is 5.82 Å². The maximum absolute atomic E-state index is 13.5. The van der Waals surface area contributed by atoms with Crippen LogP contribution in [-0.4, -0.2) is 9.78 Å². The van der Waals surface area contributed by atoms with Crippen molar-refractivity contribution < 1.29 is 4.39 Å². The van der Waals surface area contributed by atoms with Crippen molar-refractivity contribution >= 4 is 21.7 Å². The van der Waals surface area contributed by atoms with Crippen molar-refractivity contribution in [3.63, 3.8) is 0 Å². The SMILES string of the molecule is Cn1nc(-c2cccc(Br)c2)c(-c2cccc(F)c2)c1N. The molecule has 0 aliphatic heterocycles. The normalized spacial score (nSPS) is 10.8. The number of anilines is 1. The van der Waals surface area contributed by atoms with E-state index < -0.39 is 0 Å². The lowest BCUT2D eigenvalue weighted by Crippen LogP contribution is -1.98. The van der Waals surface area contributed by atoms with Crippen LogP contribution in [0.4, 0.5) is 10.2 Å². The van der Waals surface area contributed by atoms with E-state index in [4.69, 9.17) is 5.73 Å². The summed E-state index contributed by atoms with van der Waals surface area (Å²) in [4.78, 5) is 0. The van der Waals surface area contributed by atoms with Crippen molar-refractivity contribution in [3.05, 3.63) is 58.8 Å². The fourth-order valence-corrected chi connectivity index (χ4v) is 2.70. The van der Waals surface area contributed by atoms with Crippen molar-refractivity contribution in [3.8, 4) is 22.4 Å². The maximum atomic E-state index is 13.5. The Morgan fingerprint density at radius 2 is 1.81 bits per heavy atom. The highest BCUT2D eigenvalue weighted by Crippen LogP contribution is 2.36. The maximum Gasteiger partial charge on any atom is 0.129 e. The molecule has 0 aliphatic carbocycles. The first-order valence-corrected chi connectivity index (χ1v) is 7.20. The first-order valence-electron chi connectivity index (χ1n) is 6.40. The summed E-state index contributed by atoms with van der Waals surface area (Å²) in [6.07, 6.45) is 0. The topological polar surface area (TPSA) is 43.8 Å². The summed E-state index contributed by atoms with van der Waals surface area (Å²) >= 11 is 3.45. The van der Waals surface area contributed by atoms with Gasteiger partial charge in [0, 0.05) is 17.1 Å². The molecule has 21 heavy (non-hydrogen) atoms. The van der Waals surface area contributed by atoms with Gasteiger partial charge in [0.1, 0.15) is 17.3 Å². The second-order valence-electron chi connectivity index (χ2n) is 4.75. The highest BCUT2D eigenvalue weighted by Gasteiger charge is 2.17. The molecule has 5 heteroatoms. The van der Waals surface area contributed by atoms with E-state index in [2.05, 4.69) is 21.0 Å². The summed E-state index contributed by atoms with van der Waals surface area (Å²) in [6.45, 7) is 0. The zero-order chi connectivity index (χ0) is 15.0. The molecule has 0 radical (unpaired) electrons. The van der Waals surface area contributed by atoms with Crippen molar-refractivity contribution in [1.29, 1.82) is 0 Å². The molecule has 3 rings (SSSR count). The Hall–Kier alpha value is -2.14. The van der Waals surface area contributed by atoms with Crippen molar-refractivity contribution in [2.75, 3.05) is 5.73 Å². The van der Waals surface area contributed by atoms with Crippen LogP contribution >= 0.6 is 15.9 Å². The number of rotatable bonds is 2. The summed E-state index contributed by atoms with van der Waals surface area (Å²) in [5.41, 5.74) is 9.26. The standard InChI is InChI=1S/C16H13BrFN3/c1-21-16(19)14(10-4-3-7-13(18)9-10)15(20-21)11-5-2-6-12(17)8-11/h2-9H,19H2,1H3. The van der Waals surface area contributed by atoms with Crippen LogP contribution in [-0.2, 0) is 7.05 Å². The van der Waals surface area contributed by atoms with Crippen molar-refractivity contribution in [2.45, 2.75) is 0 Å². The van der Waals surface area contributed by atoms with Gasteiger partial charge in [0.15, 0.2) is 0 Å². The molecule has 1 aromatic heterocycles. The molecule has 2 aromatic carbocycles. The van der Waals surface area contributed by atoms with Gasteiger partial charge in [0.05, 0.1) is 5.56 Å². The Labute approximate surface area is 130 Å². The van der Waals surface area contributed by atoms with Crippen LogP contribution in [0.1, 0.15) is 0 Å². The van der Waals surface area contributed by atoms with Gasteiger partial charge in [0.2, 0.25) is 0 Å². The molecule has 0 atom stereocenters. The van der Waals surface area contributed by atoms with E-state index in [0.29, 0.717) is 5.82 Å².